The van der Waals surface area contributed by atoms with Gasteiger partial charge in [0.25, 0.3) is 0 Å². The van der Waals surface area contributed by atoms with Crippen molar-refractivity contribution in [1.29, 1.82) is 0 Å². The van der Waals surface area contributed by atoms with E-state index in [1.807, 2.05) is 0 Å². The molecule has 82 valence electrons. The molecule has 0 radical (unpaired) electrons. The average Bonchev–Trinajstić information content (AvgIpc) is 3.03. The van der Waals surface area contributed by atoms with Gasteiger partial charge in [-0.1, -0.05) is 28.1 Å². The van der Waals surface area contributed by atoms with Gasteiger partial charge >= 0.3 is 0 Å². The maximum atomic E-state index is 5.28. The molecule has 1 aliphatic carbocycles. The molecule has 1 unspecified atom stereocenters. The van der Waals surface area contributed by atoms with E-state index in [0.717, 1.165) is 17.0 Å². The number of ether oxygens (including phenoxy) is 1. The van der Waals surface area contributed by atoms with E-state index in [-0.39, 0.29) is 0 Å². The summed E-state index contributed by atoms with van der Waals surface area (Å²) in [6.07, 6.45) is 2.78. The topological polar surface area (TPSA) is 9.23 Å². The SMILES string of the molecule is COc1ccc(C(CBr)C2CC2)cc1C. The molecule has 0 heterocycles. The van der Waals surface area contributed by atoms with Crippen molar-refractivity contribution in [3.05, 3.63) is 29.3 Å². The van der Waals surface area contributed by atoms with Gasteiger partial charge in [-0.05, 0) is 48.8 Å². The van der Waals surface area contributed by atoms with Crippen LogP contribution in [0.1, 0.15) is 29.9 Å². The molecule has 1 aromatic carbocycles. The maximum absolute atomic E-state index is 5.28. The van der Waals surface area contributed by atoms with E-state index in [4.69, 9.17) is 4.74 Å². The Morgan fingerprint density at radius 2 is 2.20 bits per heavy atom. The fourth-order valence-corrected chi connectivity index (χ4v) is 3.02. The summed E-state index contributed by atoms with van der Waals surface area (Å²) >= 11 is 3.62. The van der Waals surface area contributed by atoms with Crippen LogP contribution >= 0.6 is 15.9 Å². The molecular formula is C13H17BrO. The van der Waals surface area contributed by atoms with Gasteiger partial charge in [0.15, 0.2) is 0 Å². The van der Waals surface area contributed by atoms with E-state index in [0.29, 0.717) is 5.92 Å². The number of hydrogen-bond donors (Lipinski definition) is 0. The number of aryl methyl sites for hydroxylation is 1. The van der Waals surface area contributed by atoms with Gasteiger partial charge in [-0.25, -0.2) is 0 Å². The molecule has 0 bridgehead atoms. The second-order valence-corrected chi connectivity index (χ2v) is 4.97. The van der Waals surface area contributed by atoms with Crippen LogP contribution in [0.3, 0.4) is 0 Å². The summed E-state index contributed by atoms with van der Waals surface area (Å²) in [4.78, 5) is 0. The molecule has 0 aliphatic heterocycles. The second kappa shape index (κ2) is 4.56. The highest BCUT2D eigenvalue weighted by Gasteiger charge is 2.31. The monoisotopic (exact) mass is 268 g/mol. The normalized spacial score (nSPS) is 17.5. The summed E-state index contributed by atoms with van der Waals surface area (Å²) in [6.45, 7) is 2.11. The number of halogens is 1. The maximum Gasteiger partial charge on any atom is 0.121 e. The molecule has 1 nitrogen and oxygen atoms in total. The summed E-state index contributed by atoms with van der Waals surface area (Å²) < 4.78 is 5.28. The predicted molar refractivity (Wildman–Crippen MR) is 67.0 cm³/mol. The van der Waals surface area contributed by atoms with E-state index < -0.39 is 0 Å². The fraction of sp³-hybridized carbons (Fsp3) is 0.538. The van der Waals surface area contributed by atoms with E-state index >= 15 is 0 Å². The van der Waals surface area contributed by atoms with Crippen molar-refractivity contribution in [3.63, 3.8) is 0 Å². The third-order valence-electron chi connectivity index (χ3n) is 3.20. The van der Waals surface area contributed by atoms with Gasteiger partial charge in [0, 0.05) is 5.33 Å². The lowest BCUT2D eigenvalue weighted by Gasteiger charge is -2.15. The lowest BCUT2D eigenvalue weighted by atomic mass is 9.95. The Bertz CT molecular complexity index is 344. The van der Waals surface area contributed by atoms with Crippen molar-refractivity contribution in [3.8, 4) is 5.75 Å². The third kappa shape index (κ3) is 2.36. The van der Waals surface area contributed by atoms with Gasteiger partial charge in [-0.3, -0.25) is 0 Å². The highest BCUT2D eigenvalue weighted by Crippen LogP contribution is 2.44. The van der Waals surface area contributed by atoms with Crippen LogP contribution in [0.15, 0.2) is 18.2 Å². The first-order valence-corrected chi connectivity index (χ1v) is 6.59. The van der Waals surface area contributed by atoms with Crippen molar-refractivity contribution in [1.82, 2.24) is 0 Å². The van der Waals surface area contributed by atoms with Crippen LogP contribution in [0.4, 0.5) is 0 Å². The van der Waals surface area contributed by atoms with Crippen molar-refractivity contribution >= 4 is 15.9 Å². The zero-order valence-corrected chi connectivity index (χ0v) is 10.9. The van der Waals surface area contributed by atoms with Crippen molar-refractivity contribution in [2.45, 2.75) is 25.7 Å². The summed E-state index contributed by atoms with van der Waals surface area (Å²) in [6, 6.07) is 6.56. The quantitative estimate of drug-likeness (QED) is 0.753. The smallest absolute Gasteiger partial charge is 0.121 e. The van der Waals surface area contributed by atoms with E-state index in [9.17, 15) is 0 Å². The van der Waals surface area contributed by atoms with Crippen LogP contribution in [-0.4, -0.2) is 12.4 Å². The zero-order valence-electron chi connectivity index (χ0n) is 9.29. The molecular weight excluding hydrogens is 252 g/mol. The molecule has 2 heteroatoms. The molecule has 1 aliphatic rings. The highest BCUT2D eigenvalue weighted by atomic mass is 79.9. The van der Waals surface area contributed by atoms with E-state index in [1.54, 1.807) is 7.11 Å². The zero-order chi connectivity index (χ0) is 10.8. The van der Waals surface area contributed by atoms with Gasteiger partial charge in [-0.15, -0.1) is 0 Å². The Hall–Kier alpha value is -0.500. The first-order valence-electron chi connectivity index (χ1n) is 5.46. The van der Waals surface area contributed by atoms with Gasteiger partial charge in [0.1, 0.15) is 5.75 Å². The van der Waals surface area contributed by atoms with Crippen molar-refractivity contribution in [2.75, 3.05) is 12.4 Å². The minimum absolute atomic E-state index is 0.689. The van der Waals surface area contributed by atoms with Gasteiger partial charge < -0.3 is 4.74 Å². The molecule has 0 aromatic heterocycles. The second-order valence-electron chi connectivity index (χ2n) is 4.33. The summed E-state index contributed by atoms with van der Waals surface area (Å²) in [5.74, 6) is 2.58. The van der Waals surface area contributed by atoms with Crippen molar-refractivity contribution in [2.24, 2.45) is 5.92 Å². The van der Waals surface area contributed by atoms with Crippen LogP contribution in [0, 0.1) is 12.8 Å². The van der Waals surface area contributed by atoms with Crippen molar-refractivity contribution < 1.29 is 4.74 Å². The van der Waals surface area contributed by atoms with Gasteiger partial charge in [0.05, 0.1) is 7.11 Å². The largest absolute Gasteiger partial charge is 0.496 e. The average molecular weight is 269 g/mol. The molecule has 0 saturated heterocycles. The lowest BCUT2D eigenvalue weighted by molar-refractivity contribution is 0.411. The van der Waals surface area contributed by atoms with E-state index in [1.165, 1.54) is 24.0 Å². The summed E-state index contributed by atoms with van der Waals surface area (Å²) in [5.41, 5.74) is 2.69. The van der Waals surface area contributed by atoms with Gasteiger partial charge in [-0.2, -0.15) is 0 Å². The molecule has 0 amide bonds. The minimum atomic E-state index is 0.689. The highest BCUT2D eigenvalue weighted by molar-refractivity contribution is 9.09. The minimum Gasteiger partial charge on any atom is -0.496 e. The van der Waals surface area contributed by atoms with Crippen LogP contribution in [-0.2, 0) is 0 Å². The van der Waals surface area contributed by atoms with Crippen LogP contribution in [0.2, 0.25) is 0 Å². The Morgan fingerprint density at radius 1 is 1.47 bits per heavy atom. The third-order valence-corrected chi connectivity index (χ3v) is 3.90. The number of rotatable bonds is 4. The Balaban J connectivity index is 2.23. The number of benzene rings is 1. The van der Waals surface area contributed by atoms with Crippen LogP contribution < -0.4 is 4.74 Å². The predicted octanol–water partition coefficient (Wildman–Crippen LogP) is 3.89. The molecule has 1 aromatic rings. The van der Waals surface area contributed by atoms with Crippen LogP contribution in [0.5, 0.6) is 5.75 Å². The number of hydrogen-bond acceptors (Lipinski definition) is 1. The standard InChI is InChI=1S/C13H17BrO/c1-9-7-11(5-6-13(9)15-2)12(8-14)10-3-4-10/h5-7,10,12H,3-4,8H2,1-2H3. The van der Waals surface area contributed by atoms with E-state index in [2.05, 4.69) is 41.1 Å². The molecule has 1 atom stereocenters. The Morgan fingerprint density at radius 3 is 2.67 bits per heavy atom. The molecule has 2 rings (SSSR count). The van der Waals surface area contributed by atoms with Crippen LogP contribution in [0.25, 0.3) is 0 Å². The molecule has 1 saturated carbocycles. The molecule has 0 N–H and O–H groups in total. The summed E-state index contributed by atoms with van der Waals surface area (Å²) in [7, 11) is 1.73. The molecule has 1 fully saturated rings. The number of methoxy groups -OCH3 is 1. The first-order chi connectivity index (χ1) is 7.26. The first kappa shape index (κ1) is 11.0. The lowest BCUT2D eigenvalue weighted by Crippen LogP contribution is -2.03. The number of alkyl halides is 1. The Kier molecular flexibility index (Phi) is 3.35. The fourth-order valence-electron chi connectivity index (χ4n) is 2.12. The molecule has 15 heavy (non-hydrogen) atoms. The van der Waals surface area contributed by atoms with Gasteiger partial charge in [0.2, 0.25) is 0 Å². The Labute approximate surface area is 100.0 Å². The summed E-state index contributed by atoms with van der Waals surface area (Å²) in [5, 5.41) is 1.07. The molecule has 0 spiro atoms.